The van der Waals surface area contributed by atoms with E-state index in [1.807, 2.05) is 0 Å². The lowest BCUT2D eigenvalue weighted by Gasteiger charge is -2.10. The van der Waals surface area contributed by atoms with Crippen molar-refractivity contribution < 1.29 is 18.0 Å². The molecule has 1 aromatic rings. The molecule has 3 N–H and O–H groups in total. The smallest absolute Gasteiger partial charge is 0.229 e. The number of amides is 2. The number of carbonyl (C=O) groups excluding carboxylic acids is 2. The van der Waals surface area contributed by atoms with E-state index >= 15 is 0 Å². The van der Waals surface area contributed by atoms with E-state index in [0.29, 0.717) is 17.9 Å². The van der Waals surface area contributed by atoms with Gasteiger partial charge in [0.15, 0.2) is 0 Å². The van der Waals surface area contributed by atoms with Gasteiger partial charge in [0, 0.05) is 18.7 Å². The van der Waals surface area contributed by atoms with Gasteiger partial charge in [-0.2, -0.15) is 0 Å². The molecule has 0 saturated carbocycles. The molecule has 0 spiro atoms. The molecule has 2 amide bonds. The summed E-state index contributed by atoms with van der Waals surface area (Å²) in [6.07, 6.45) is 1.22. The molecule has 1 saturated heterocycles. The summed E-state index contributed by atoms with van der Waals surface area (Å²) in [5.74, 6) is -0.800. The van der Waals surface area contributed by atoms with Crippen LogP contribution in [-0.2, 0) is 19.6 Å². The molecule has 1 heterocycles. The minimum absolute atomic E-state index is 0.141. The second-order valence-corrected chi connectivity index (χ2v) is 6.40. The summed E-state index contributed by atoms with van der Waals surface area (Å²) < 4.78 is 24.6. The van der Waals surface area contributed by atoms with Crippen molar-refractivity contribution in [2.75, 3.05) is 22.8 Å². The van der Waals surface area contributed by atoms with Crippen LogP contribution >= 0.6 is 0 Å². The van der Waals surface area contributed by atoms with Crippen molar-refractivity contribution in [3.8, 4) is 0 Å². The van der Waals surface area contributed by atoms with E-state index < -0.39 is 15.9 Å². The molecule has 8 heteroatoms. The van der Waals surface area contributed by atoms with E-state index in [0.717, 1.165) is 6.26 Å². The highest BCUT2D eigenvalue weighted by molar-refractivity contribution is 7.92. The van der Waals surface area contributed by atoms with Gasteiger partial charge < -0.3 is 10.6 Å². The van der Waals surface area contributed by atoms with Crippen molar-refractivity contribution in [2.45, 2.75) is 6.42 Å². The van der Waals surface area contributed by atoms with Crippen LogP contribution in [0.3, 0.4) is 0 Å². The second kappa shape index (κ2) is 5.49. The van der Waals surface area contributed by atoms with Gasteiger partial charge in [-0.25, -0.2) is 8.42 Å². The third-order valence-electron chi connectivity index (χ3n) is 2.78. The minimum Gasteiger partial charge on any atom is -0.355 e. The lowest BCUT2D eigenvalue weighted by molar-refractivity contribution is -0.123. The summed E-state index contributed by atoms with van der Waals surface area (Å²) in [4.78, 5) is 23.0. The third kappa shape index (κ3) is 3.95. The summed E-state index contributed by atoms with van der Waals surface area (Å²) in [6, 6.07) is 6.37. The first-order valence-electron chi connectivity index (χ1n) is 5.99. The van der Waals surface area contributed by atoms with Crippen LogP contribution in [0, 0.1) is 5.92 Å². The first-order valence-corrected chi connectivity index (χ1v) is 7.88. The van der Waals surface area contributed by atoms with Crippen molar-refractivity contribution in [1.82, 2.24) is 5.32 Å². The van der Waals surface area contributed by atoms with Gasteiger partial charge in [-0.15, -0.1) is 0 Å². The monoisotopic (exact) mass is 297 g/mol. The Bertz CT molecular complexity index is 642. The summed E-state index contributed by atoms with van der Waals surface area (Å²) in [7, 11) is -3.36. The van der Waals surface area contributed by atoms with Crippen molar-refractivity contribution in [2.24, 2.45) is 5.92 Å². The van der Waals surface area contributed by atoms with E-state index in [1.165, 1.54) is 6.07 Å². The fraction of sp³-hybridized carbons (Fsp3) is 0.333. The molecule has 20 heavy (non-hydrogen) atoms. The van der Waals surface area contributed by atoms with E-state index in [-0.39, 0.29) is 18.2 Å². The standard InChI is InChI=1S/C12H15N3O4S/c1-20(18,19)15-10-4-2-3-9(6-10)14-12(17)8-5-11(16)13-7-8/h2-4,6,8,15H,5,7H2,1H3,(H,13,16)(H,14,17). The minimum atomic E-state index is -3.36. The van der Waals surface area contributed by atoms with Crippen LogP contribution in [-0.4, -0.2) is 33.0 Å². The molecule has 1 unspecified atom stereocenters. The van der Waals surface area contributed by atoms with Gasteiger partial charge >= 0.3 is 0 Å². The Morgan fingerprint density at radius 2 is 2.05 bits per heavy atom. The molecular formula is C12H15N3O4S. The number of carbonyl (C=O) groups is 2. The highest BCUT2D eigenvalue weighted by Gasteiger charge is 2.27. The van der Waals surface area contributed by atoms with Crippen LogP contribution in [0.1, 0.15) is 6.42 Å². The lowest BCUT2D eigenvalue weighted by atomic mass is 10.1. The molecule has 0 bridgehead atoms. The van der Waals surface area contributed by atoms with E-state index in [9.17, 15) is 18.0 Å². The van der Waals surface area contributed by atoms with Gasteiger partial charge in [-0.1, -0.05) is 6.07 Å². The molecule has 0 radical (unpaired) electrons. The Kier molecular flexibility index (Phi) is 3.93. The first kappa shape index (κ1) is 14.3. The second-order valence-electron chi connectivity index (χ2n) is 4.65. The Morgan fingerprint density at radius 1 is 1.35 bits per heavy atom. The molecule has 1 aromatic carbocycles. The molecule has 0 aliphatic carbocycles. The number of sulfonamides is 1. The maximum atomic E-state index is 11.9. The van der Waals surface area contributed by atoms with Crippen molar-refractivity contribution in [3.05, 3.63) is 24.3 Å². The fourth-order valence-corrected chi connectivity index (χ4v) is 2.46. The Morgan fingerprint density at radius 3 is 2.65 bits per heavy atom. The van der Waals surface area contributed by atoms with Crippen LogP contribution in [0.5, 0.6) is 0 Å². The molecule has 7 nitrogen and oxygen atoms in total. The Hall–Kier alpha value is -2.09. The Balaban J connectivity index is 2.04. The van der Waals surface area contributed by atoms with Gasteiger partial charge in [0.05, 0.1) is 17.9 Å². The number of hydrogen-bond acceptors (Lipinski definition) is 4. The zero-order chi connectivity index (χ0) is 14.8. The molecule has 1 aliphatic rings. The van der Waals surface area contributed by atoms with Crippen LogP contribution < -0.4 is 15.4 Å². The normalized spacial score (nSPS) is 18.4. The van der Waals surface area contributed by atoms with Crippen LogP contribution in [0.15, 0.2) is 24.3 Å². The predicted octanol–water partition coefficient (Wildman–Crippen LogP) is 0.133. The largest absolute Gasteiger partial charge is 0.355 e. The third-order valence-corrected chi connectivity index (χ3v) is 3.39. The highest BCUT2D eigenvalue weighted by atomic mass is 32.2. The summed E-state index contributed by atoms with van der Waals surface area (Å²) in [5.41, 5.74) is 0.842. The molecule has 2 rings (SSSR count). The van der Waals surface area contributed by atoms with Gasteiger partial charge in [-0.3, -0.25) is 14.3 Å². The number of nitrogens with one attached hydrogen (secondary N) is 3. The van der Waals surface area contributed by atoms with Gasteiger partial charge in [0.1, 0.15) is 0 Å². The van der Waals surface area contributed by atoms with Gasteiger partial charge in [0.2, 0.25) is 21.8 Å². The van der Waals surface area contributed by atoms with Gasteiger partial charge in [0.25, 0.3) is 0 Å². The molecule has 108 valence electrons. The highest BCUT2D eigenvalue weighted by Crippen LogP contribution is 2.18. The van der Waals surface area contributed by atoms with Crippen molar-refractivity contribution >= 4 is 33.2 Å². The topological polar surface area (TPSA) is 104 Å². The average molecular weight is 297 g/mol. The van der Waals surface area contributed by atoms with Crippen LogP contribution in [0.25, 0.3) is 0 Å². The zero-order valence-electron chi connectivity index (χ0n) is 10.8. The van der Waals surface area contributed by atoms with Crippen molar-refractivity contribution in [3.63, 3.8) is 0 Å². The maximum absolute atomic E-state index is 11.9. The summed E-state index contributed by atoms with van der Waals surface area (Å²) in [5, 5.41) is 5.25. The molecule has 1 atom stereocenters. The first-order chi connectivity index (χ1) is 9.33. The number of benzene rings is 1. The summed E-state index contributed by atoms with van der Waals surface area (Å²) in [6.45, 7) is 0.325. The van der Waals surface area contributed by atoms with Crippen LogP contribution in [0.4, 0.5) is 11.4 Å². The zero-order valence-corrected chi connectivity index (χ0v) is 11.7. The molecular weight excluding hydrogens is 282 g/mol. The van der Waals surface area contributed by atoms with Crippen molar-refractivity contribution in [1.29, 1.82) is 0 Å². The Labute approximate surface area is 116 Å². The maximum Gasteiger partial charge on any atom is 0.229 e. The molecule has 1 fully saturated rings. The number of hydrogen-bond donors (Lipinski definition) is 3. The number of anilines is 2. The van der Waals surface area contributed by atoms with E-state index in [2.05, 4.69) is 15.4 Å². The van der Waals surface area contributed by atoms with E-state index in [4.69, 9.17) is 0 Å². The lowest BCUT2D eigenvalue weighted by Crippen LogP contribution is -2.24. The predicted molar refractivity (Wildman–Crippen MR) is 74.7 cm³/mol. The van der Waals surface area contributed by atoms with E-state index in [1.54, 1.807) is 18.2 Å². The molecule has 0 aromatic heterocycles. The fourth-order valence-electron chi connectivity index (χ4n) is 1.91. The quantitative estimate of drug-likeness (QED) is 0.735. The SMILES string of the molecule is CS(=O)(=O)Nc1cccc(NC(=O)C2CNC(=O)C2)c1. The molecule has 1 aliphatic heterocycles. The average Bonchev–Trinajstić information content (AvgIpc) is 2.74. The van der Waals surface area contributed by atoms with Crippen LogP contribution in [0.2, 0.25) is 0 Å². The van der Waals surface area contributed by atoms with Gasteiger partial charge in [-0.05, 0) is 18.2 Å². The number of rotatable bonds is 4. The summed E-state index contributed by atoms with van der Waals surface area (Å²) >= 11 is 0.